The van der Waals surface area contributed by atoms with Crippen LogP contribution in [0.15, 0.2) is 18.2 Å². The highest BCUT2D eigenvalue weighted by Crippen LogP contribution is 2.15. The van der Waals surface area contributed by atoms with E-state index in [1.165, 1.54) is 7.11 Å². The van der Waals surface area contributed by atoms with Gasteiger partial charge in [-0.1, -0.05) is 19.1 Å². The van der Waals surface area contributed by atoms with Gasteiger partial charge in [0.25, 0.3) is 0 Å². The van der Waals surface area contributed by atoms with Gasteiger partial charge in [0.05, 0.1) is 18.6 Å². The van der Waals surface area contributed by atoms with Crippen molar-refractivity contribution in [2.24, 2.45) is 5.92 Å². The molecule has 0 aliphatic rings. The topological polar surface area (TPSA) is 63.6 Å². The zero-order valence-electron chi connectivity index (χ0n) is 10.2. The molecule has 4 nitrogen and oxygen atoms in total. The van der Waals surface area contributed by atoms with Crippen LogP contribution >= 0.6 is 0 Å². The Bertz CT molecular complexity index is 437. The van der Waals surface area contributed by atoms with E-state index in [1.807, 2.05) is 6.07 Å². The zero-order valence-corrected chi connectivity index (χ0v) is 10.2. The van der Waals surface area contributed by atoms with E-state index < -0.39 is 11.9 Å². The standard InChI is InChI=1S/C13H16O4/c1-8-6-10(7-9(2)12(14)15)4-5-11(8)13(16)17-3/h4-6,9H,7H2,1-3H3,(H,14,15). The van der Waals surface area contributed by atoms with Crippen molar-refractivity contribution >= 4 is 11.9 Å². The maximum Gasteiger partial charge on any atom is 0.338 e. The fourth-order valence-corrected chi connectivity index (χ4v) is 1.63. The molecule has 0 aliphatic carbocycles. The molecule has 0 spiro atoms. The first-order chi connectivity index (χ1) is 7.95. The third kappa shape index (κ3) is 3.31. The summed E-state index contributed by atoms with van der Waals surface area (Å²) in [6.07, 6.45) is 0.456. The number of esters is 1. The summed E-state index contributed by atoms with van der Waals surface area (Å²) in [5.41, 5.74) is 2.22. The highest BCUT2D eigenvalue weighted by atomic mass is 16.5. The first-order valence-electron chi connectivity index (χ1n) is 5.36. The number of carbonyl (C=O) groups is 2. The van der Waals surface area contributed by atoms with E-state index in [1.54, 1.807) is 26.0 Å². The zero-order chi connectivity index (χ0) is 13.0. The fraction of sp³-hybridized carbons (Fsp3) is 0.385. The van der Waals surface area contributed by atoms with E-state index in [-0.39, 0.29) is 5.97 Å². The molecule has 0 amide bonds. The number of hydrogen-bond acceptors (Lipinski definition) is 3. The predicted octanol–water partition coefficient (Wildman–Crippen LogP) is 2.04. The first-order valence-corrected chi connectivity index (χ1v) is 5.36. The molecule has 1 unspecified atom stereocenters. The van der Waals surface area contributed by atoms with Gasteiger partial charge in [-0.25, -0.2) is 4.79 Å². The van der Waals surface area contributed by atoms with Gasteiger partial charge < -0.3 is 9.84 Å². The molecule has 1 N–H and O–H groups in total. The normalized spacial score (nSPS) is 11.9. The summed E-state index contributed by atoms with van der Waals surface area (Å²) in [5.74, 6) is -1.63. The van der Waals surface area contributed by atoms with Crippen molar-refractivity contribution in [1.29, 1.82) is 0 Å². The van der Waals surface area contributed by atoms with Gasteiger partial charge in [-0.3, -0.25) is 4.79 Å². The van der Waals surface area contributed by atoms with Gasteiger partial charge in [0.15, 0.2) is 0 Å². The van der Waals surface area contributed by atoms with E-state index in [2.05, 4.69) is 4.74 Å². The molecule has 1 aromatic rings. The number of aryl methyl sites for hydroxylation is 1. The van der Waals surface area contributed by atoms with Gasteiger partial charge in [0.2, 0.25) is 0 Å². The van der Waals surface area contributed by atoms with Crippen molar-refractivity contribution in [1.82, 2.24) is 0 Å². The molecule has 17 heavy (non-hydrogen) atoms. The lowest BCUT2D eigenvalue weighted by molar-refractivity contribution is -0.141. The number of carboxylic acid groups (broad SMARTS) is 1. The Kier molecular flexibility index (Phi) is 4.26. The number of rotatable bonds is 4. The molecule has 0 aliphatic heterocycles. The molecule has 0 saturated heterocycles. The number of carbonyl (C=O) groups excluding carboxylic acids is 1. The molecule has 1 rings (SSSR count). The highest BCUT2D eigenvalue weighted by molar-refractivity contribution is 5.91. The van der Waals surface area contributed by atoms with Crippen LogP contribution in [-0.4, -0.2) is 24.2 Å². The maximum absolute atomic E-state index is 11.4. The van der Waals surface area contributed by atoms with E-state index in [0.29, 0.717) is 12.0 Å². The van der Waals surface area contributed by atoms with Crippen molar-refractivity contribution < 1.29 is 19.4 Å². The van der Waals surface area contributed by atoms with Crippen LogP contribution in [0.5, 0.6) is 0 Å². The summed E-state index contributed by atoms with van der Waals surface area (Å²) in [7, 11) is 1.34. The highest BCUT2D eigenvalue weighted by Gasteiger charge is 2.14. The van der Waals surface area contributed by atoms with Crippen LogP contribution < -0.4 is 0 Å². The molecule has 92 valence electrons. The summed E-state index contributed by atoms with van der Waals surface area (Å²) in [4.78, 5) is 22.1. The molecule has 1 atom stereocenters. The molecule has 0 aromatic heterocycles. The molecular formula is C13H16O4. The van der Waals surface area contributed by atoms with Crippen LogP contribution in [0.4, 0.5) is 0 Å². The number of aliphatic carboxylic acids is 1. The van der Waals surface area contributed by atoms with Crippen molar-refractivity contribution in [2.45, 2.75) is 20.3 Å². The van der Waals surface area contributed by atoms with E-state index in [4.69, 9.17) is 5.11 Å². The van der Waals surface area contributed by atoms with Gasteiger partial charge in [-0.15, -0.1) is 0 Å². The Morgan fingerprint density at radius 3 is 2.53 bits per heavy atom. The summed E-state index contributed by atoms with van der Waals surface area (Å²) in [6, 6.07) is 5.26. The molecule has 0 saturated carbocycles. The van der Waals surface area contributed by atoms with Gasteiger partial charge in [-0.2, -0.15) is 0 Å². The van der Waals surface area contributed by atoms with Crippen LogP contribution in [0.25, 0.3) is 0 Å². The van der Waals surface area contributed by atoms with Crippen molar-refractivity contribution in [3.05, 3.63) is 34.9 Å². The van der Waals surface area contributed by atoms with Crippen molar-refractivity contribution in [2.75, 3.05) is 7.11 Å². The molecule has 0 heterocycles. The molecule has 0 radical (unpaired) electrons. The third-order valence-corrected chi connectivity index (χ3v) is 2.66. The smallest absolute Gasteiger partial charge is 0.338 e. The minimum absolute atomic E-state index is 0.375. The van der Waals surface area contributed by atoms with Crippen LogP contribution in [0.1, 0.15) is 28.4 Å². The van der Waals surface area contributed by atoms with Crippen LogP contribution in [-0.2, 0) is 16.0 Å². The predicted molar refractivity (Wildman–Crippen MR) is 63.0 cm³/mol. The summed E-state index contributed by atoms with van der Waals surface area (Å²) >= 11 is 0. The fourth-order valence-electron chi connectivity index (χ4n) is 1.63. The molecule has 4 heteroatoms. The van der Waals surface area contributed by atoms with Crippen molar-refractivity contribution in [3.63, 3.8) is 0 Å². The second kappa shape index (κ2) is 5.48. The Morgan fingerprint density at radius 1 is 1.41 bits per heavy atom. The molecule has 1 aromatic carbocycles. The minimum Gasteiger partial charge on any atom is -0.481 e. The van der Waals surface area contributed by atoms with E-state index >= 15 is 0 Å². The molecule has 0 bridgehead atoms. The lowest BCUT2D eigenvalue weighted by atomic mass is 9.97. The number of benzene rings is 1. The lowest BCUT2D eigenvalue weighted by Crippen LogP contribution is -2.12. The largest absolute Gasteiger partial charge is 0.481 e. The Hall–Kier alpha value is -1.84. The maximum atomic E-state index is 11.4. The second-order valence-electron chi connectivity index (χ2n) is 4.08. The third-order valence-electron chi connectivity index (χ3n) is 2.66. The Balaban J connectivity index is 2.89. The van der Waals surface area contributed by atoms with Crippen LogP contribution in [0, 0.1) is 12.8 Å². The quantitative estimate of drug-likeness (QED) is 0.812. The second-order valence-corrected chi connectivity index (χ2v) is 4.08. The Labute approximate surface area is 100 Å². The first kappa shape index (κ1) is 13.2. The minimum atomic E-state index is -0.820. The SMILES string of the molecule is COC(=O)c1ccc(CC(C)C(=O)O)cc1C. The number of carboxylic acids is 1. The number of methoxy groups -OCH3 is 1. The molecular weight excluding hydrogens is 220 g/mol. The monoisotopic (exact) mass is 236 g/mol. The Morgan fingerprint density at radius 2 is 2.06 bits per heavy atom. The van der Waals surface area contributed by atoms with Gasteiger partial charge in [-0.05, 0) is 30.5 Å². The average molecular weight is 236 g/mol. The van der Waals surface area contributed by atoms with Crippen molar-refractivity contribution in [3.8, 4) is 0 Å². The average Bonchev–Trinajstić information content (AvgIpc) is 2.28. The molecule has 0 fully saturated rings. The van der Waals surface area contributed by atoms with Crippen LogP contribution in [0.3, 0.4) is 0 Å². The lowest BCUT2D eigenvalue weighted by Gasteiger charge is -2.09. The number of ether oxygens (including phenoxy) is 1. The van der Waals surface area contributed by atoms with Gasteiger partial charge in [0, 0.05) is 0 Å². The van der Waals surface area contributed by atoms with E-state index in [9.17, 15) is 9.59 Å². The van der Waals surface area contributed by atoms with E-state index in [0.717, 1.165) is 11.1 Å². The van der Waals surface area contributed by atoms with Gasteiger partial charge in [0.1, 0.15) is 0 Å². The summed E-state index contributed by atoms with van der Waals surface area (Å²) in [5, 5.41) is 8.82. The number of hydrogen-bond donors (Lipinski definition) is 1. The summed E-state index contributed by atoms with van der Waals surface area (Å²) in [6.45, 7) is 3.47. The van der Waals surface area contributed by atoms with Gasteiger partial charge >= 0.3 is 11.9 Å². The van der Waals surface area contributed by atoms with Crippen LogP contribution in [0.2, 0.25) is 0 Å². The summed E-state index contributed by atoms with van der Waals surface area (Å²) < 4.78 is 4.64.